The predicted octanol–water partition coefficient (Wildman–Crippen LogP) is 4.22. The smallest absolute Gasteiger partial charge is 0.159 e. The number of fused-ring (bicyclic) bond motifs is 1. The van der Waals surface area contributed by atoms with E-state index in [2.05, 4.69) is 34.9 Å². The molecule has 30 heavy (non-hydrogen) atoms. The average molecular weight is 411 g/mol. The molecule has 7 heteroatoms. The Hall–Kier alpha value is -2.15. The summed E-state index contributed by atoms with van der Waals surface area (Å²) in [5.41, 5.74) is 4.09. The average Bonchev–Trinajstić information content (AvgIpc) is 3.40. The first kappa shape index (κ1) is 19.8. The SMILES string of the molecule is CCn1ncc2c(NC3CCCCC3)c(C3=NOC4(CCC(NC)CC4)C3)cnc21. The molecule has 0 saturated heterocycles. The third-order valence-corrected chi connectivity index (χ3v) is 7.37. The number of oxime groups is 1. The highest BCUT2D eigenvalue weighted by Crippen LogP contribution is 2.41. The lowest BCUT2D eigenvalue weighted by molar-refractivity contribution is -0.0495. The van der Waals surface area contributed by atoms with Crippen molar-refractivity contribution in [3.05, 3.63) is 18.0 Å². The molecule has 0 unspecified atom stereocenters. The summed E-state index contributed by atoms with van der Waals surface area (Å²) in [6.07, 6.45) is 15.6. The summed E-state index contributed by atoms with van der Waals surface area (Å²) in [4.78, 5) is 10.9. The number of hydrogen-bond donors (Lipinski definition) is 2. The summed E-state index contributed by atoms with van der Waals surface area (Å²) in [5.74, 6) is 0. The summed E-state index contributed by atoms with van der Waals surface area (Å²) < 4.78 is 1.97. The van der Waals surface area contributed by atoms with E-state index in [0.29, 0.717) is 12.1 Å². The van der Waals surface area contributed by atoms with Crippen molar-refractivity contribution >= 4 is 22.4 Å². The van der Waals surface area contributed by atoms with Crippen molar-refractivity contribution < 1.29 is 4.84 Å². The third kappa shape index (κ3) is 3.57. The number of aromatic nitrogens is 3. The summed E-state index contributed by atoms with van der Waals surface area (Å²) in [6, 6.07) is 1.11. The fraction of sp³-hybridized carbons (Fsp3) is 0.696. The summed E-state index contributed by atoms with van der Waals surface area (Å²) in [6.45, 7) is 2.93. The predicted molar refractivity (Wildman–Crippen MR) is 120 cm³/mol. The van der Waals surface area contributed by atoms with Crippen molar-refractivity contribution in [1.82, 2.24) is 20.1 Å². The number of aryl methyl sites for hydroxylation is 1. The Morgan fingerprint density at radius 1 is 1.10 bits per heavy atom. The monoisotopic (exact) mass is 410 g/mol. The Balaban J connectivity index is 1.45. The van der Waals surface area contributed by atoms with Crippen LogP contribution in [0.5, 0.6) is 0 Å². The molecule has 2 aromatic rings. The number of pyridine rings is 1. The van der Waals surface area contributed by atoms with Crippen LogP contribution < -0.4 is 10.6 Å². The van der Waals surface area contributed by atoms with E-state index in [-0.39, 0.29) is 5.60 Å². The van der Waals surface area contributed by atoms with Gasteiger partial charge in [0.25, 0.3) is 0 Å². The van der Waals surface area contributed by atoms with Crippen molar-refractivity contribution in [1.29, 1.82) is 0 Å². The van der Waals surface area contributed by atoms with E-state index < -0.39 is 0 Å². The molecule has 0 radical (unpaired) electrons. The molecule has 1 spiro atoms. The van der Waals surface area contributed by atoms with E-state index in [4.69, 9.17) is 9.82 Å². The molecular formula is C23H34N6O. The maximum Gasteiger partial charge on any atom is 0.159 e. The highest BCUT2D eigenvalue weighted by Gasteiger charge is 2.43. The highest BCUT2D eigenvalue weighted by molar-refractivity contribution is 6.10. The van der Waals surface area contributed by atoms with Gasteiger partial charge in [-0.15, -0.1) is 0 Å². The van der Waals surface area contributed by atoms with Crippen LogP contribution in [0.2, 0.25) is 0 Å². The van der Waals surface area contributed by atoms with Crippen molar-refractivity contribution in [3.8, 4) is 0 Å². The molecule has 7 nitrogen and oxygen atoms in total. The Morgan fingerprint density at radius 3 is 2.63 bits per heavy atom. The van der Waals surface area contributed by atoms with Crippen LogP contribution in [0.4, 0.5) is 5.69 Å². The van der Waals surface area contributed by atoms with Crippen LogP contribution in [0.25, 0.3) is 11.0 Å². The zero-order chi connectivity index (χ0) is 20.6. The summed E-state index contributed by atoms with van der Waals surface area (Å²) >= 11 is 0. The van der Waals surface area contributed by atoms with Gasteiger partial charge in [0.2, 0.25) is 0 Å². The quantitative estimate of drug-likeness (QED) is 0.772. The molecule has 2 aliphatic carbocycles. The van der Waals surface area contributed by atoms with Crippen LogP contribution in [0, 0.1) is 0 Å². The molecule has 0 aromatic carbocycles. The van der Waals surface area contributed by atoms with Crippen molar-refractivity contribution in [3.63, 3.8) is 0 Å². The lowest BCUT2D eigenvalue weighted by atomic mass is 9.78. The van der Waals surface area contributed by atoms with Gasteiger partial charge in [-0.2, -0.15) is 5.10 Å². The van der Waals surface area contributed by atoms with E-state index in [1.807, 2.05) is 17.1 Å². The molecule has 2 N–H and O–H groups in total. The van der Waals surface area contributed by atoms with Gasteiger partial charge in [0.15, 0.2) is 5.65 Å². The third-order valence-electron chi connectivity index (χ3n) is 7.37. The normalized spacial score (nSPS) is 27.4. The van der Waals surface area contributed by atoms with Gasteiger partial charge in [-0.25, -0.2) is 9.67 Å². The first-order valence-electron chi connectivity index (χ1n) is 11.7. The fourth-order valence-corrected chi connectivity index (χ4v) is 5.45. The molecule has 0 amide bonds. The van der Waals surface area contributed by atoms with Gasteiger partial charge in [-0.1, -0.05) is 24.4 Å². The van der Waals surface area contributed by atoms with Crippen LogP contribution in [0.15, 0.2) is 17.5 Å². The molecule has 162 valence electrons. The zero-order valence-electron chi connectivity index (χ0n) is 18.3. The number of rotatable bonds is 5. The van der Waals surface area contributed by atoms with Gasteiger partial charge in [0, 0.05) is 36.8 Å². The van der Waals surface area contributed by atoms with Gasteiger partial charge in [0.1, 0.15) is 5.60 Å². The first-order chi connectivity index (χ1) is 14.7. The summed E-state index contributed by atoms with van der Waals surface area (Å²) in [7, 11) is 2.06. The Morgan fingerprint density at radius 2 is 1.90 bits per heavy atom. The fourth-order valence-electron chi connectivity index (χ4n) is 5.45. The second kappa shape index (κ2) is 8.17. The standard InChI is InChI=1S/C23H34N6O/c1-3-29-22-19(15-26-29)21(27-17-7-5-4-6-8-17)18(14-25-22)20-13-23(30-28-20)11-9-16(24-2)10-12-23/h14-17,24H,3-13H2,1-2H3,(H,25,27). The largest absolute Gasteiger partial charge is 0.389 e. The Kier molecular flexibility index (Phi) is 5.39. The van der Waals surface area contributed by atoms with Crippen LogP contribution >= 0.6 is 0 Å². The molecule has 0 atom stereocenters. The number of nitrogens with one attached hydrogen (secondary N) is 2. The van der Waals surface area contributed by atoms with E-state index >= 15 is 0 Å². The van der Waals surface area contributed by atoms with Gasteiger partial charge < -0.3 is 15.5 Å². The number of nitrogens with zero attached hydrogens (tertiary/aromatic N) is 4. The molecular weight excluding hydrogens is 376 g/mol. The zero-order valence-corrected chi connectivity index (χ0v) is 18.3. The van der Waals surface area contributed by atoms with E-state index in [1.165, 1.54) is 32.1 Å². The maximum absolute atomic E-state index is 6.11. The van der Waals surface area contributed by atoms with Gasteiger partial charge in [0.05, 0.1) is 23.0 Å². The minimum atomic E-state index is -0.132. The Labute approximate surface area is 178 Å². The minimum absolute atomic E-state index is 0.132. The molecule has 2 saturated carbocycles. The topological polar surface area (TPSA) is 76.4 Å². The van der Waals surface area contributed by atoms with Crippen LogP contribution in [-0.2, 0) is 11.4 Å². The molecule has 2 aromatic heterocycles. The first-order valence-corrected chi connectivity index (χ1v) is 11.7. The van der Waals surface area contributed by atoms with Gasteiger partial charge in [-0.3, -0.25) is 0 Å². The second-order valence-corrected chi connectivity index (χ2v) is 9.28. The second-order valence-electron chi connectivity index (χ2n) is 9.28. The van der Waals surface area contributed by atoms with E-state index in [9.17, 15) is 0 Å². The van der Waals surface area contributed by atoms with Crippen molar-refractivity contribution in [2.24, 2.45) is 5.16 Å². The van der Waals surface area contributed by atoms with E-state index in [0.717, 1.165) is 66.6 Å². The lowest BCUT2D eigenvalue weighted by Gasteiger charge is -2.34. The molecule has 2 fully saturated rings. The number of anilines is 1. The molecule has 3 heterocycles. The summed E-state index contributed by atoms with van der Waals surface area (Å²) in [5, 5.41) is 17.6. The molecule has 3 aliphatic rings. The minimum Gasteiger partial charge on any atom is -0.389 e. The lowest BCUT2D eigenvalue weighted by Crippen LogP contribution is -2.40. The molecule has 1 aliphatic heterocycles. The van der Waals surface area contributed by atoms with Gasteiger partial charge in [-0.05, 0) is 52.5 Å². The number of hydrogen-bond acceptors (Lipinski definition) is 6. The van der Waals surface area contributed by atoms with E-state index in [1.54, 1.807) is 0 Å². The van der Waals surface area contributed by atoms with Crippen LogP contribution in [0.3, 0.4) is 0 Å². The van der Waals surface area contributed by atoms with Crippen LogP contribution in [-0.4, -0.2) is 45.2 Å². The molecule has 0 bridgehead atoms. The van der Waals surface area contributed by atoms with Crippen molar-refractivity contribution in [2.45, 2.75) is 95.4 Å². The highest BCUT2D eigenvalue weighted by atomic mass is 16.7. The maximum atomic E-state index is 6.11. The van der Waals surface area contributed by atoms with Crippen LogP contribution in [0.1, 0.15) is 76.7 Å². The molecule has 5 rings (SSSR count). The van der Waals surface area contributed by atoms with Crippen molar-refractivity contribution in [2.75, 3.05) is 12.4 Å². The van der Waals surface area contributed by atoms with Gasteiger partial charge >= 0.3 is 0 Å². The Bertz CT molecular complexity index is 921.